The maximum Gasteiger partial charge on any atom is 0.251 e. The van der Waals surface area contributed by atoms with Crippen LogP contribution in [0, 0.1) is 0 Å². The fourth-order valence-corrected chi connectivity index (χ4v) is 3.01. The lowest BCUT2D eigenvalue weighted by atomic mass is 10.1. The summed E-state index contributed by atoms with van der Waals surface area (Å²) < 4.78 is 0. The van der Waals surface area contributed by atoms with Crippen LogP contribution in [0.3, 0.4) is 0 Å². The third-order valence-corrected chi connectivity index (χ3v) is 4.68. The van der Waals surface area contributed by atoms with Gasteiger partial charge in [-0.2, -0.15) is 0 Å². The zero-order valence-electron chi connectivity index (χ0n) is 16.1. The molecular formula is C24H24N2O2. The van der Waals surface area contributed by atoms with Crippen molar-refractivity contribution in [1.82, 2.24) is 10.6 Å². The largest absolute Gasteiger partial charge is 0.346 e. The summed E-state index contributed by atoms with van der Waals surface area (Å²) in [6, 6.07) is 26.1. The van der Waals surface area contributed by atoms with Gasteiger partial charge >= 0.3 is 0 Å². The van der Waals surface area contributed by atoms with Crippen LogP contribution in [0.2, 0.25) is 0 Å². The van der Waals surface area contributed by atoms with Gasteiger partial charge in [-0.1, -0.05) is 66.7 Å². The predicted molar refractivity (Wildman–Crippen MR) is 111 cm³/mol. The highest BCUT2D eigenvalue weighted by molar-refractivity contribution is 5.99. The van der Waals surface area contributed by atoms with Crippen LogP contribution in [0.4, 0.5) is 0 Å². The Morgan fingerprint density at radius 2 is 1.00 bits per heavy atom. The Hall–Kier alpha value is -3.40. The molecule has 0 saturated carbocycles. The molecule has 0 radical (unpaired) electrons. The molecule has 3 rings (SSSR count). The molecule has 2 unspecified atom stereocenters. The van der Waals surface area contributed by atoms with Crippen molar-refractivity contribution >= 4 is 11.8 Å². The molecule has 0 aromatic heterocycles. The molecule has 0 aliphatic heterocycles. The molecule has 2 atom stereocenters. The molecule has 2 amide bonds. The zero-order valence-corrected chi connectivity index (χ0v) is 16.1. The van der Waals surface area contributed by atoms with E-state index in [0.717, 1.165) is 11.1 Å². The SMILES string of the molecule is CC(NC(=O)c1cccc(C(=O)NC(C)c2ccccc2)c1)c1ccccc1. The molecule has 28 heavy (non-hydrogen) atoms. The molecule has 0 spiro atoms. The third-order valence-electron chi connectivity index (χ3n) is 4.68. The Labute approximate surface area is 165 Å². The highest BCUT2D eigenvalue weighted by atomic mass is 16.2. The number of rotatable bonds is 6. The Kier molecular flexibility index (Phi) is 6.22. The first-order chi connectivity index (χ1) is 13.5. The van der Waals surface area contributed by atoms with Crippen LogP contribution >= 0.6 is 0 Å². The molecule has 0 heterocycles. The number of amides is 2. The topological polar surface area (TPSA) is 58.2 Å². The van der Waals surface area contributed by atoms with Crippen molar-refractivity contribution in [3.63, 3.8) is 0 Å². The zero-order chi connectivity index (χ0) is 19.9. The summed E-state index contributed by atoms with van der Waals surface area (Å²) in [6.07, 6.45) is 0. The molecule has 0 aliphatic carbocycles. The Morgan fingerprint density at radius 3 is 1.39 bits per heavy atom. The van der Waals surface area contributed by atoms with Gasteiger partial charge in [0.05, 0.1) is 12.1 Å². The molecule has 3 aromatic carbocycles. The number of hydrogen-bond donors (Lipinski definition) is 2. The summed E-state index contributed by atoms with van der Waals surface area (Å²) in [7, 11) is 0. The quantitative estimate of drug-likeness (QED) is 0.661. The van der Waals surface area contributed by atoms with Crippen LogP contribution in [0.25, 0.3) is 0 Å². The van der Waals surface area contributed by atoms with Crippen LogP contribution in [-0.4, -0.2) is 11.8 Å². The average Bonchev–Trinajstić information content (AvgIpc) is 2.75. The Balaban J connectivity index is 1.67. The lowest BCUT2D eigenvalue weighted by Gasteiger charge is -2.16. The van der Waals surface area contributed by atoms with E-state index in [1.54, 1.807) is 24.3 Å². The van der Waals surface area contributed by atoms with E-state index in [1.807, 2.05) is 74.5 Å². The molecule has 0 aliphatic rings. The van der Waals surface area contributed by atoms with E-state index < -0.39 is 0 Å². The van der Waals surface area contributed by atoms with E-state index in [1.165, 1.54) is 0 Å². The van der Waals surface area contributed by atoms with Crippen molar-refractivity contribution in [2.24, 2.45) is 0 Å². The van der Waals surface area contributed by atoms with E-state index >= 15 is 0 Å². The van der Waals surface area contributed by atoms with E-state index in [-0.39, 0.29) is 23.9 Å². The second-order valence-electron chi connectivity index (χ2n) is 6.79. The first kappa shape index (κ1) is 19.4. The smallest absolute Gasteiger partial charge is 0.251 e. The summed E-state index contributed by atoms with van der Waals surface area (Å²) >= 11 is 0. The van der Waals surface area contributed by atoms with Crippen LogP contribution < -0.4 is 10.6 Å². The van der Waals surface area contributed by atoms with Gasteiger partial charge in [0.2, 0.25) is 0 Å². The second-order valence-corrected chi connectivity index (χ2v) is 6.79. The van der Waals surface area contributed by atoms with E-state index in [2.05, 4.69) is 10.6 Å². The normalized spacial score (nSPS) is 12.6. The van der Waals surface area contributed by atoms with Gasteiger partial charge in [0.25, 0.3) is 11.8 Å². The van der Waals surface area contributed by atoms with E-state index in [0.29, 0.717) is 11.1 Å². The van der Waals surface area contributed by atoms with E-state index in [9.17, 15) is 9.59 Å². The number of nitrogens with one attached hydrogen (secondary N) is 2. The van der Waals surface area contributed by atoms with Crippen molar-refractivity contribution in [3.05, 3.63) is 107 Å². The van der Waals surface area contributed by atoms with Crippen LogP contribution in [0.5, 0.6) is 0 Å². The Morgan fingerprint density at radius 1 is 0.607 bits per heavy atom. The fraction of sp³-hybridized carbons (Fsp3) is 0.167. The number of hydrogen-bond acceptors (Lipinski definition) is 2. The first-order valence-electron chi connectivity index (χ1n) is 9.36. The third kappa shape index (κ3) is 4.86. The molecule has 3 aromatic rings. The molecule has 0 bridgehead atoms. The fourth-order valence-electron chi connectivity index (χ4n) is 3.01. The van der Waals surface area contributed by atoms with Gasteiger partial charge < -0.3 is 10.6 Å². The summed E-state index contributed by atoms with van der Waals surface area (Å²) in [6.45, 7) is 3.87. The van der Waals surface area contributed by atoms with Gasteiger partial charge in [0, 0.05) is 11.1 Å². The van der Waals surface area contributed by atoms with Crippen molar-refractivity contribution in [1.29, 1.82) is 0 Å². The minimum Gasteiger partial charge on any atom is -0.346 e. The lowest BCUT2D eigenvalue weighted by molar-refractivity contribution is 0.0939. The van der Waals surface area contributed by atoms with Crippen molar-refractivity contribution < 1.29 is 9.59 Å². The summed E-state index contributed by atoms with van der Waals surface area (Å²) in [5.41, 5.74) is 2.98. The van der Waals surface area contributed by atoms with Gasteiger partial charge in [-0.3, -0.25) is 9.59 Å². The summed E-state index contributed by atoms with van der Waals surface area (Å²) in [4.78, 5) is 25.2. The monoisotopic (exact) mass is 372 g/mol. The van der Waals surface area contributed by atoms with Gasteiger partial charge in [-0.05, 0) is 43.2 Å². The minimum atomic E-state index is -0.206. The van der Waals surface area contributed by atoms with Crippen molar-refractivity contribution in [2.45, 2.75) is 25.9 Å². The number of carbonyl (C=O) groups excluding carboxylic acids is 2. The summed E-state index contributed by atoms with van der Waals surface area (Å²) in [5, 5.41) is 5.95. The minimum absolute atomic E-state index is 0.121. The molecular weight excluding hydrogens is 348 g/mol. The second kappa shape index (κ2) is 9.00. The molecule has 2 N–H and O–H groups in total. The molecule has 4 nitrogen and oxygen atoms in total. The number of benzene rings is 3. The molecule has 0 saturated heterocycles. The maximum absolute atomic E-state index is 12.6. The van der Waals surface area contributed by atoms with E-state index in [4.69, 9.17) is 0 Å². The van der Waals surface area contributed by atoms with Crippen LogP contribution in [0.1, 0.15) is 57.8 Å². The van der Waals surface area contributed by atoms with Crippen LogP contribution in [-0.2, 0) is 0 Å². The molecule has 4 heteroatoms. The molecule has 142 valence electrons. The highest BCUT2D eigenvalue weighted by Crippen LogP contribution is 2.15. The number of carbonyl (C=O) groups is 2. The molecule has 0 fully saturated rings. The highest BCUT2D eigenvalue weighted by Gasteiger charge is 2.15. The van der Waals surface area contributed by atoms with Gasteiger partial charge in [0.1, 0.15) is 0 Å². The predicted octanol–water partition coefficient (Wildman–Crippen LogP) is 4.67. The first-order valence-corrected chi connectivity index (χ1v) is 9.36. The maximum atomic E-state index is 12.6. The van der Waals surface area contributed by atoms with Crippen molar-refractivity contribution in [2.75, 3.05) is 0 Å². The van der Waals surface area contributed by atoms with Crippen molar-refractivity contribution in [3.8, 4) is 0 Å². The lowest BCUT2D eigenvalue weighted by Crippen LogP contribution is -2.28. The standard InChI is InChI=1S/C24H24N2O2/c1-17(19-10-5-3-6-11-19)25-23(27)21-14-9-15-22(16-21)24(28)26-18(2)20-12-7-4-8-13-20/h3-18H,1-2H3,(H,25,27)(H,26,28). The Bertz CT molecular complexity index is 864. The van der Waals surface area contributed by atoms with Gasteiger partial charge in [-0.25, -0.2) is 0 Å². The van der Waals surface area contributed by atoms with Gasteiger partial charge in [0.15, 0.2) is 0 Å². The van der Waals surface area contributed by atoms with Crippen LogP contribution in [0.15, 0.2) is 84.9 Å². The summed E-state index contributed by atoms with van der Waals surface area (Å²) in [5.74, 6) is -0.413. The van der Waals surface area contributed by atoms with Gasteiger partial charge in [-0.15, -0.1) is 0 Å². The average molecular weight is 372 g/mol.